The number of aliphatic hydroxyl groups is 2. The Kier molecular flexibility index (Phi) is 4.78. The van der Waals surface area contributed by atoms with E-state index < -0.39 is 15.8 Å². The number of methoxy groups -OCH3 is 1. The molecule has 0 amide bonds. The number of ether oxygens (including phenoxy) is 2. The molecule has 1 rings (SSSR count). The fraction of sp³-hybridized carbons (Fsp3) is 0.500. The molecule has 0 heterocycles. The van der Waals surface area contributed by atoms with Crippen LogP contribution >= 0.6 is 0 Å². The van der Waals surface area contributed by atoms with Crippen LogP contribution < -0.4 is 9.47 Å². The molecule has 1 aromatic carbocycles. The molecule has 1 aromatic rings. The van der Waals surface area contributed by atoms with Crippen molar-refractivity contribution in [1.29, 1.82) is 0 Å². The first-order valence-corrected chi connectivity index (χ1v) is 7.65. The predicted molar refractivity (Wildman–Crippen MR) is 69.9 cm³/mol. The van der Waals surface area contributed by atoms with E-state index in [1.54, 1.807) is 12.1 Å². The van der Waals surface area contributed by atoms with E-state index in [4.69, 9.17) is 9.47 Å². The molecule has 0 saturated carbocycles. The summed E-state index contributed by atoms with van der Waals surface area (Å²) in [4.78, 5) is 0. The highest BCUT2D eigenvalue weighted by Gasteiger charge is 2.20. The van der Waals surface area contributed by atoms with Crippen LogP contribution in [0.1, 0.15) is 12.5 Å². The highest BCUT2D eigenvalue weighted by molar-refractivity contribution is 7.90. The number of aryl methyl sites for hydroxylation is 1. The van der Waals surface area contributed by atoms with Gasteiger partial charge in [0.2, 0.25) is 0 Å². The molecule has 0 aliphatic carbocycles. The third-order valence-corrected chi connectivity index (χ3v) is 3.24. The Bertz CT molecular complexity index is 530. The Hall–Kier alpha value is -1.31. The van der Waals surface area contributed by atoms with Gasteiger partial charge < -0.3 is 19.7 Å². The van der Waals surface area contributed by atoms with Gasteiger partial charge in [-0.25, -0.2) is 8.42 Å². The summed E-state index contributed by atoms with van der Waals surface area (Å²) < 4.78 is 32.2. The smallest absolute Gasteiger partial charge is 0.318 e. The van der Waals surface area contributed by atoms with Gasteiger partial charge >= 0.3 is 5.97 Å². The molecule has 108 valence electrons. The Morgan fingerprint density at radius 2 is 1.89 bits per heavy atom. The molecule has 7 heteroatoms. The van der Waals surface area contributed by atoms with Gasteiger partial charge in [0.15, 0.2) is 11.5 Å². The molecule has 19 heavy (non-hydrogen) atoms. The zero-order valence-electron chi connectivity index (χ0n) is 11.1. The summed E-state index contributed by atoms with van der Waals surface area (Å²) in [5.74, 6) is -1.85. The average molecular weight is 290 g/mol. The minimum atomic E-state index is -3.06. The SMILES string of the molecule is COc1ccc(CCS(C)(=O)=O)cc1OC(C)(O)O. The monoisotopic (exact) mass is 290 g/mol. The van der Waals surface area contributed by atoms with Gasteiger partial charge in [0, 0.05) is 13.2 Å². The number of benzene rings is 1. The number of rotatable bonds is 6. The number of sulfone groups is 1. The Labute approximate surface area is 112 Å². The van der Waals surface area contributed by atoms with E-state index >= 15 is 0 Å². The van der Waals surface area contributed by atoms with Gasteiger partial charge in [-0.3, -0.25) is 0 Å². The van der Waals surface area contributed by atoms with Gasteiger partial charge in [-0.05, 0) is 24.1 Å². The lowest BCUT2D eigenvalue weighted by Gasteiger charge is -2.20. The van der Waals surface area contributed by atoms with Gasteiger partial charge in [0.25, 0.3) is 0 Å². The molecule has 0 saturated heterocycles. The molecular weight excluding hydrogens is 272 g/mol. The minimum absolute atomic E-state index is 0.00822. The van der Waals surface area contributed by atoms with Gasteiger partial charge in [-0.15, -0.1) is 0 Å². The van der Waals surface area contributed by atoms with Crippen LogP contribution in [0.5, 0.6) is 11.5 Å². The third-order valence-electron chi connectivity index (χ3n) is 2.29. The first kappa shape index (κ1) is 15.7. The highest BCUT2D eigenvalue weighted by Crippen LogP contribution is 2.30. The van der Waals surface area contributed by atoms with Crippen LogP contribution in [0, 0.1) is 0 Å². The van der Waals surface area contributed by atoms with E-state index in [1.807, 2.05) is 0 Å². The maximum atomic E-state index is 11.1. The fourth-order valence-corrected chi connectivity index (χ4v) is 2.07. The first-order valence-electron chi connectivity index (χ1n) is 5.59. The zero-order valence-corrected chi connectivity index (χ0v) is 11.9. The summed E-state index contributed by atoms with van der Waals surface area (Å²) >= 11 is 0. The highest BCUT2D eigenvalue weighted by atomic mass is 32.2. The summed E-state index contributed by atoms with van der Waals surface area (Å²) in [7, 11) is -1.64. The topological polar surface area (TPSA) is 93.1 Å². The molecular formula is C12H18O6S. The summed E-state index contributed by atoms with van der Waals surface area (Å²) in [6.07, 6.45) is 1.47. The van der Waals surface area contributed by atoms with Crippen LogP contribution in [0.3, 0.4) is 0 Å². The Balaban J connectivity index is 2.95. The van der Waals surface area contributed by atoms with Gasteiger partial charge in [0.1, 0.15) is 9.84 Å². The van der Waals surface area contributed by atoms with Crippen LogP contribution in [0.15, 0.2) is 18.2 Å². The van der Waals surface area contributed by atoms with Crippen molar-refractivity contribution in [2.45, 2.75) is 19.3 Å². The predicted octanol–water partition coefficient (Wildman–Crippen LogP) is 0.319. The molecule has 6 nitrogen and oxygen atoms in total. The molecule has 0 spiro atoms. The summed E-state index contributed by atoms with van der Waals surface area (Å²) in [6, 6.07) is 4.80. The van der Waals surface area contributed by atoms with Crippen molar-refractivity contribution in [1.82, 2.24) is 0 Å². The Morgan fingerprint density at radius 3 is 2.37 bits per heavy atom. The van der Waals surface area contributed by atoms with Gasteiger partial charge in [-0.1, -0.05) is 6.07 Å². The summed E-state index contributed by atoms with van der Waals surface area (Å²) in [5, 5.41) is 18.4. The lowest BCUT2D eigenvalue weighted by atomic mass is 10.1. The van der Waals surface area contributed by atoms with E-state index in [1.165, 1.54) is 13.2 Å². The second-order valence-corrected chi connectivity index (χ2v) is 6.66. The van der Waals surface area contributed by atoms with Crippen molar-refractivity contribution in [3.63, 3.8) is 0 Å². The molecule has 0 radical (unpaired) electrons. The molecule has 0 atom stereocenters. The molecule has 0 unspecified atom stereocenters. The standard InChI is InChI=1S/C12H18O6S/c1-12(13,14)18-11-8-9(4-5-10(11)17-2)6-7-19(3,15)16/h4-5,8,13-14H,6-7H2,1-3H3. The Morgan fingerprint density at radius 1 is 1.26 bits per heavy atom. The van der Waals surface area contributed by atoms with Crippen molar-refractivity contribution in [2.75, 3.05) is 19.1 Å². The molecule has 0 aromatic heterocycles. The van der Waals surface area contributed by atoms with Crippen molar-refractivity contribution >= 4 is 9.84 Å². The molecule has 0 bridgehead atoms. The second kappa shape index (κ2) is 5.77. The average Bonchev–Trinajstić information content (AvgIpc) is 2.23. The maximum Gasteiger partial charge on any atom is 0.318 e. The third kappa shape index (κ3) is 5.91. The lowest BCUT2D eigenvalue weighted by molar-refractivity contribution is -0.278. The van der Waals surface area contributed by atoms with Crippen molar-refractivity contribution in [3.05, 3.63) is 23.8 Å². The minimum Gasteiger partial charge on any atom is -0.493 e. The first-order chi connectivity index (χ1) is 8.61. The molecule has 2 N–H and O–H groups in total. The molecule has 0 fully saturated rings. The van der Waals surface area contributed by atoms with Crippen LogP contribution in [-0.4, -0.2) is 43.7 Å². The number of hydrogen-bond acceptors (Lipinski definition) is 6. The maximum absolute atomic E-state index is 11.1. The van der Waals surface area contributed by atoms with Crippen LogP contribution in [0.4, 0.5) is 0 Å². The fourth-order valence-electron chi connectivity index (χ4n) is 1.47. The number of hydrogen-bond donors (Lipinski definition) is 2. The molecule has 0 aliphatic rings. The van der Waals surface area contributed by atoms with Crippen LogP contribution in [0.2, 0.25) is 0 Å². The van der Waals surface area contributed by atoms with E-state index in [0.29, 0.717) is 17.7 Å². The van der Waals surface area contributed by atoms with Gasteiger partial charge in [-0.2, -0.15) is 0 Å². The van der Waals surface area contributed by atoms with Crippen molar-refractivity contribution < 1.29 is 28.1 Å². The normalized spacial score (nSPS) is 12.3. The quantitative estimate of drug-likeness (QED) is 0.733. The van der Waals surface area contributed by atoms with Crippen LogP contribution in [-0.2, 0) is 16.3 Å². The van der Waals surface area contributed by atoms with E-state index in [2.05, 4.69) is 0 Å². The van der Waals surface area contributed by atoms with Crippen molar-refractivity contribution in [3.8, 4) is 11.5 Å². The van der Waals surface area contributed by atoms with E-state index in [9.17, 15) is 18.6 Å². The van der Waals surface area contributed by atoms with Crippen molar-refractivity contribution in [2.24, 2.45) is 0 Å². The largest absolute Gasteiger partial charge is 0.493 e. The summed E-state index contributed by atoms with van der Waals surface area (Å²) in [6.45, 7) is 1.07. The van der Waals surface area contributed by atoms with Crippen LogP contribution in [0.25, 0.3) is 0 Å². The zero-order chi connectivity index (χ0) is 14.7. The molecule has 0 aliphatic heterocycles. The summed E-state index contributed by atoms with van der Waals surface area (Å²) in [5.41, 5.74) is 0.700. The second-order valence-electron chi connectivity index (χ2n) is 4.40. The van der Waals surface area contributed by atoms with E-state index in [0.717, 1.165) is 13.2 Å². The lowest BCUT2D eigenvalue weighted by Crippen LogP contribution is -2.31. The van der Waals surface area contributed by atoms with E-state index in [-0.39, 0.29) is 11.5 Å². The van der Waals surface area contributed by atoms with Gasteiger partial charge in [0.05, 0.1) is 12.9 Å².